The highest BCUT2D eigenvalue weighted by Crippen LogP contribution is 2.26. The molecule has 1 amide bonds. The molecule has 1 atom stereocenters. The molecular formula is C21H26N2OS. The van der Waals surface area contributed by atoms with Gasteiger partial charge < -0.3 is 5.32 Å². The van der Waals surface area contributed by atoms with Gasteiger partial charge in [-0.25, -0.2) is 0 Å². The zero-order valence-electron chi connectivity index (χ0n) is 15.0. The Morgan fingerprint density at radius 3 is 2.68 bits per heavy atom. The van der Waals surface area contributed by atoms with Crippen LogP contribution in [0.3, 0.4) is 0 Å². The van der Waals surface area contributed by atoms with Crippen molar-refractivity contribution in [3.8, 4) is 0 Å². The van der Waals surface area contributed by atoms with E-state index in [1.165, 1.54) is 5.75 Å². The predicted octanol–water partition coefficient (Wildman–Crippen LogP) is 4.42. The molecule has 0 aliphatic carbocycles. The predicted molar refractivity (Wildman–Crippen MR) is 107 cm³/mol. The van der Waals surface area contributed by atoms with Crippen molar-refractivity contribution in [2.75, 3.05) is 29.9 Å². The molecule has 0 radical (unpaired) electrons. The molecule has 1 N–H and O–H groups in total. The number of benzene rings is 2. The van der Waals surface area contributed by atoms with Gasteiger partial charge in [0.2, 0.25) is 5.91 Å². The molecular weight excluding hydrogens is 328 g/mol. The van der Waals surface area contributed by atoms with E-state index < -0.39 is 0 Å². The Morgan fingerprint density at radius 2 is 1.88 bits per heavy atom. The third-order valence-corrected chi connectivity index (χ3v) is 5.69. The van der Waals surface area contributed by atoms with Crippen LogP contribution in [-0.4, -0.2) is 35.4 Å². The number of nitrogens with one attached hydrogen (secondary N) is 1. The fourth-order valence-electron chi connectivity index (χ4n) is 3.26. The van der Waals surface area contributed by atoms with Crippen LogP contribution in [0.1, 0.15) is 29.2 Å². The van der Waals surface area contributed by atoms with Crippen LogP contribution in [0.5, 0.6) is 0 Å². The van der Waals surface area contributed by atoms with Gasteiger partial charge in [-0.05, 0) is 48.8 Å². The van der Waals surface area contributed by atoms with Gasteiger partial charge >= 0.3 is 0 Å². The molecule has 3 rings (SSSR count). The molecule has 0 aromatic heterocycles. The first-order chi connectivity index (χ1) is 12.1. The summed E-state index contributed by atoms with van der Waals surface area (Å²) in [5.74, 6) is 2.32. The molecule has 0 saturated carbocycles. The summed E-state index contributed by atoms with van der Waals surface area (Å²) in [6, 6.07) is 16.1. The van der Waals surface area contributed by atoms with Crippen LogP contribution in [0.25, 0.3) is 0 Å². The molecule has 0 bridgehead atoms. The Hall–Kier alpha value is -1.78. The van der Waals surface area contributed by atoms with E-state index in [0.29, 0.717) is 0 Å². The van der Waals surface area contributed by atoms with E-state index in [9.17, 15) is 4.79 Å². The van der Waals surface area contributed by atoms with Crippen LogP contribution >= 0.6 is 11.8 Å². The first kappa shape index (κ1) is 18.0. The highest BCUT2D eigenvalue weighted by Gasteiger charge is 2.28. The van der Waals surface area contributed by atoms with Gasteiger partial charge in [-0.3, -0.25) is 9.69 Å². The quantitative estimate of drug-likeness (QED) is 0.882. The van der Waals surface area contributed by atoms with E-state index in [1.807, 2.05) is 43.0 Å². The second-order valence-electron chi connectivity index (χ2n) is 6.62. The average Bonchev–Trinajstić information content (AvgIpc) is 2.89. The summed E-state index contributed by atoms with van der Waals surface area (Å²) in [4.78, 5) is 15.6. The minimum absolute atomic E-state index is 0.0619. The lowest BCUT2D eigenvalue weighted by Crippen LogP contribution is -2.38. The van der Waals surface area contributed by atoms with Crippen LogP contribution in [0.15, 0.2) is 48.5 Å². The van der Waals surface area contributed by atoms with Crippen molar-refractivity contribution in [2.45, 2.75) is 26.3 Å². The molecule has 1 fully saturated rings. The molecule has 1 aliphatic rings. The Bertz CT molecular complexity index is 709. The third kappa shape index (κ3) is 4.65. The third-order valence-electron chi connectivity index (χ3n) is 4.64. The van der Waals surface area contributed by atoms with Crippen LogP contribution in [0.2, 0.25) is 0 Å². The largest absolute Gasteiger partial charge is 0.324 e. The Labute approximate surface area is 154 Å². The topological polar surface area (TPSA) is 32.3 Å². The summed E-state index contributed by atoms with van der Waals surface area (Å²) in [7, 11) is 0. The summed E-state index contributed by atoms with van der Waals surface area (Å²) < 4.78 is 0. The maximum absolute atomic E-state index is 13.2. The highest BCUT2D eigenvalue weighted by atomic mass is 32.2. The van der Waals surface area contributed by atoms with Crippen molar-refractivity contribution in [1.29, 1.82) is 0 Å². The number of carbonyl (C=O) groups is 1. The highest BCUT2D eigenvalue weighted by molar-refractivity contribution is 7.99. The molecule has 1 heterocycles. The summed E-state index contributed by atoms with van der Waals surface area (Å²) in [5, 5.41) is 3.18. The first-order valence-electron chi connectivity index (χ1n) is 8.90. The molecule has 1 aliphatic heterocycles. The van der Waals surface area contributed by atoms with Crippen molar-refractivity contribution in [3.63, 3.8) is 0 Å². The number of amides is 1. The fraction of sp³-hybridized carbons (Fsp3) is 0.381. The molecule has 2 aromatic rings. The zero-order valence-corrected chi connectivity index (χ0v) is 15.8. The lowest BCUT2D eigenvalue weighted by Gasteiger charge is -2.30. The van der Waals surface area contributed by atoms with Crippen LogP contribution in [0.4, 0.5) is 5.69 Å². The molecule has 0 unspecified atom stereocenters. The molecule has 4 heteroatoms. The minimum Gasteiger partial charge on any atom is -0.324 e. The normalized spacial score (nSPS) is 16.9. The SMILES string of the molecule is Cc1ccc(C)c(NC(=O)[C@H](c2ccccc2)N2CCCSCC2)c1. The average molecular weight is 355 g/mol. The number of nitrogens with zero attached hydrogens (tertiary/aromatic N) is 1. The fourth-order valence-corrected chi connectivity index (χ4v) is 4.16. The van der Waals surface area contributed by atoms with Gasteiger partial charge in [0.05, 0.1) is 0 Å². The molecule has 3 nitrogen and oxygen atoms in total. The first-order valence-corrected chi connectivity index (χ1v) is 10.1. The van der Waals surface area contributed by atoms with E-state index in [4.69, 9.17) is 0 Å². The minimum atomic E-state index is -0.236. The number of rotatable bonds is 4. The van der Waals surface area contributed by atoms with Gasteiger partial charge in [0.1, 0.15) is 6.04 Å². The van der Waals surface area contributed by atoms with Gasteiger partial charge in [-0.1, -0.05) is 42.5 Å². The van der Waals surface area contributed by atoms with Crippen LogP contribution in [0, 0.1) is 13.8 Å². The summed E-state index contributed by atoms with van der Waals surface area (Å²) in [5.41, 5.74) is 4.23. The second kappa shape index (κ2) is 8.54. The second-order valence-corrected chi connectivity index (χ2v) is 7.85. The monoisotopic (exact) mass is 354 g/mol. The molecule has 1 saturated heterocycles. The van der Waals surface area contributed by atoms with Crippen molar-refractivity contribution < 1.29 is 4.79 Å². The van der Waals surface area contributed by atoms with E-state index in [-0.39, 0.29) is 11.9 Å². The standard InChI is InChI=1S/C21H26N2OS/c1-16-9-10-17(2)19(15-16)22-21(24)20(18-7-4-3-5-8-18)23-11-6-13-25-14-12-23/h3-5,7-10,15,20H,6,11-14H2,1-2H3,(H,22,24)/t20-/m0/s1. The van der Waals surface area contributed by atoms with Gasteiger partial charge in [-0.15, -0.1) is 0 Å². The molecule has 2 aromatic carbocycles. The summed E-state index contributed by atoms with van der Waals surface area (Å²) in [6.07, 6.45) is 1.13. The van der Waals surface area contributed by atoms with Crippen molar-refractivity contribution in [3.05, 3.63) is 65.2 Å². The van der Waals surface area contributed by atoms with Gasteiger partial charge in [0.25, 0.3) is 0 Å². The number of thioether (sulfide) groups is 1. The van der Waals surface area contributed by atoms with Crippen LogP contribution in [-0.2, 0) is 4.79 Å². The molecule has 25 heavy (non-hydrogen) atoms. The van der Waals surface area contributed by atoms with Crippen molar-refractivity contribution >= 4 is 23.4 Å². The number of aryl methyl sites for hydroxylation is 2. The Morgan fingerprint density at radius 1 is 1.08 bits per heavy atom. The van der Waals surface area contributed by atoms with E-state index in [2.05, 4.69) is 41.4 Å². The van der Waals surface area contributed by atoms with Gasteiger partial charge in [0.15, 0.2) is 0 Å². The van der Waals surface area contributed by atoms with E-state index in [1.54, 1.807) is 0 Å². The van der Waals surface area contributed by atoms with Gasteiger partial charge in [-0.2, -0.15) is 11.8 Å². The summed E-state index contributed by atoms with van der Waals surface area (Å²) >= 11 is 1.98. The number of hydrogen-bond acceptors (Lipinski definition) is 3. The Kier molecular flexibility index (Phi) is 6.16. The smallest absolute Gasteiger partial charge is 0.246 e. The number of hydrogen-bond donors (Lipinski definition) is 1. The lowest BCUT2D eigenvalue weighted by atomic mass is 10.0. The van der Waals surface area contributed by atoms with E-state index >= 15 is 0 Å². The summed E-state index contributed by atoms with van der Waals surface area (Å²) in [6.45, 7) is 6.00. The zero-order chi connectivity index (χ0) is 17.6. The molecule has 132 valence electrons. The van der Waals surface area contributed by atoms with Crippen molar-refractivity contribution in [2.24, 2.45) is 0 Å². The maximum Gasteiger partial charge on any atom is 0.246 e. The molecule has 0 spiro atoms. The van der Waals surface area contributed by atoms with Crippen molar-refractivity contribution in [1.82, 2.24) is 4.90 Å². The van der Waals surface area contributed by atoms with E-state index in [0.717, 1.165) is 47.6 Å². The lowest BCUT2D eigenvalue weighted by molar-refractivity contribution is -0.121. The number of anilines is 1. The Balaban J connectivity index is 1.87. The maximum atomic E-state index is 13.2. The van der Waals surface area contributed by atoms with Crippen LogP contribution < -0.4 is 5.32 Å². The van der Waals surface area contributed by atoms with Gasteiger partial charge in [0, 0.05) is 24.5 Å². The number of carbonyl (C=O) groups excluding carboxylic acids is 1.